The smallest absolute Gasteiger partial charge is 0.138 e. The van der Waals surface area contributed by atoms with Gasteiger partial charge in [0.05, 0.1) is 18.5 Å². The second kappa shape index (κ2) is 4.04. The van der Waals surface area contributed by atoms with E-state index in [1.54, 1.807) is 10.9 Å². The van der Waals surface area contributed by atoms with Gasteiger partial charge in [-0.3, -0.25) is 0 Å². The highest BCUT2D eigenvalue weighted by molar-refractivity contribution is 6.30. The summed E-state index contributed by atoms with van der Waals surface area (Å²) in [4.78, 5) is 0. The van der Waals surface area contributed by atoms with E-state index in [-0.39, 0.29) is 6.61 Å². The number of nitrogens with zero attached hydrogens (tertiary/aromatic N) is 2. The van der Waals surface area contributed by atoms with Gasteiger partial charge in [-0.1, -0.05) is 29.8 Å². The normalized spacial score (nSPS) is 10.6. The molecule has 1 N–H and O–H groups in total. The van der Waals surface area contributed by atoms with Gasteiger partial charge in [0.1, 0.15) is 5.15 Å². The lowest BCUT2D eigenvalue weighted by Crippen LogP contribution is -1.98. The number of aliphatic hydroxyl groups is 1. The van der Waals surface area contributed by atoms with E-state index in [2.05, 4.69) is 5.10 Å². The van der Waals surface area contributed by atoms with Crippen LogP contribution in [0.15, 0.2) is 30.5 Å². The van der Waals surface area contributed by atoms with Crippen molar-refractivity contribution in [2.75, 3.05) is 0 Å². The van der Waals surface area contributed by atoms with Gasteiger partial charge in [-0.25, -0.2) is 4.68 Å². The second-order valence-corrected chi connectivity index (χ2v) is 3.68. The molecule has 0 atom stereocenters. The zero-order valence-electron chi connectivity index (χ0n) is 8.31. The molecule has 0 spiro atoms. The quantitative estimate of drug-likeness (QED) is 0.847. The molecule has 15 heavy (non-hydrogen) atoms. The molecule has 0 aliphatic heterocycles. The van der Waals surface area contributed by atoms with Crippen LogP contribution in [0.5, 0.6) is 0 Å². The number of hydrogen-bond donors (Lipinski definition) is 1. The number of aromatic nitrogens is 2. The highest BCUT2D eigenvalue weighted by Crippen LogP contribution is 2.21. The maximum absolute atomic E-state index is 9.01. The Kier molecular flexibility index (Phi) is 2.75. The molecule has 0 saturated carbocycles. The Morgan fingerprint density at radius 3 is 2.73 bits per heavy atom. The van der Waals surface area contributed by atoms with Crippen molar-refractivity contribution in [1.29, 1.82) is 0 Å². The van der Waals surface area contributed by atoms with Gasteiger partial charge in [0, 0.05) is 5.56 Å². The van der Waals surface area contributed by atoms with E-state index in [4.69, 9.17) is 16.7 Å². The standard InChI is InChI=1S/C11H11ClN2O/c1-8-4-2-3-5-10(8)14-11(12)9(7-15)6-13-14/h2-6,15H,7H2,1H3. The molecule has 2 aromatic rings. The van der Waals surface area contributed by atoms with E-state index < -0.39 is 0 Å². The van der Waals surface area contributed by atoms with Crippen LogP contribution in [0.4, 0.5) is 0 Å². The molecule has 3 nitrogen and oxygen atoms in total. The number of aryl methyl sites for hydroxylation is 1. The average molecular weight is 223 g/mol. The highest BCUT2D eigenvalue weighted by Gasteiger charge is 2.10. The molecular formula is C11H11ClN2O. The van der Waals surface area contributed by atoms with Crippen LogP contribution in [0.3, 0.4) is 0 Å². The van der Waals surface area contributed by atoms with Crippen molar-refractivity contribution in [1.82, 2.24) is 9.78 Å². The third-order valence-corrected chi connectivity index (χ3v) is 2.70. The lowest BCUT2D eigenvalue weighted by molar-refractivity contribution is 0.282. The molecule has 0 aliphatic rings. The molecule has 0 unspecified atom stereocenters. The van der Waals surface area contributed by atoms with Gasteiger partial charge >= 0.3 is 0 Å². The lowest BCUT2D eigenvalue weighted by Gasteiger charge is -2.06. The molecule has 1 aromatic carbocycles. The average Bonchev–Trinajstić information content (AvgIpc) is 2.60. The minimum Gasteiger partial charge on any atom is -0.392 e. The van der Waals surface area contributed by atoms with Crippen molar-refractivity contribution < 1.29 is 5.11 Å². The van der Waals surface area contributed by atoms with E-state index in [0.29, 0.717) is 10.7 Å². The van der Waals surface area contributed by atoms with Gasteiger partial charge < -0.3 is 5.11 Å². The predicted octanol–water partition coefficient (Wildman–Crippen LogP) is 2.33. The topological polar surface area (TPSA) is 38.0 Å². The first-order chi connectivity index (χ1) is 7.24. The molecule has 0 radical (unpaired) electrons. The molecule has 0 aliphatic carbocycles. The molecule has 0 saturated heterocycles. The van der Waals surface area contributed by atoms with Gasteiger partial charge in [-0.15, -0.1) is 0 Å². The maximum Gasteiger partial charge on any atom is 0.138 e. The van der Waals surface area contributed by atoms with Crippen molar-refractivity contribution >= 4 is 11.6 Å². The lowest BCUT2D eigenvalue weighted by atomic mass is 10.2. The Balaban J connectivity index is 2.55. The van der Waals surface area contributed by atoms with Gasteiger partial charge in [-0.05, 0) is 18.6 Å². The number of aliphatic hydroxyl groups excluding tert-OH is 1. The third kappa shape index (κ3) is 1.76. The Hall–Kier alpha value is -1.32. The summed E-state index contributed by atoms with van der Waals surface area (Å²) in [6, 6.07) is 7.82. The summed E-state index contributed by atoms with van der Waals surface area (Å²) >= 11 is 6.07. The van der Waals surface area contributed by atoms with Crippen molar-refractivity contribution in [3.8, 4) is 5.69 Å². The molecule has 4 heteroatoms. The fourth-order valence-electron chi connectivity index (χ4n) is 1.44. The summed E-state index contributed by atoms with van der Waals surface area (Å²) in [6.45, 7) is 1.90. The molecule has 2 rings (SSSR count). The number of rotatable bonds is 2. The monoisotopic (exact) mass is 222 g/mol. The number of halogens is 1. The Labute approximate surface area is 92.9 Å². The first-order valence-electron chi connectivity index (χ1n) is 4.63. The van der Waals surface area contributed by atoms with Crippen LogP contribution in [0.2, 0.25) is 5.15 Å². The first-order valence-corrected chi connectivity index (χ1v) is 5.01. The Morgan fingerprint density at radius 1 is 1.40 bits per heavy atom. The number of para-hydroxylation sites is 1. The van der Waals surface area contributed by atoms with Crippen LogP contribution >= 0.6 is 11.6 Å². The molecule has 78 valence electrons. The summed E-state index contributed by atoms with van der Waals surface area (Å²) in [5, 5.41) is 13.6. The molecule has 1 heterocycles. The van der Waals surface area contributed by atoms with Gasteiger partial charge in [-0.2, -0.15) is 5.10 Å². The fourth-order valence-corrected chi connectivity index (χ4v) is 1.69. The fraction of sp³-hybridized carbons (Fsp3) is 0.182. The van der Waals surface area contributed by atoms with E-state index in [9.17, 15) is 0 Å². The van der Waals surface area contributed by atoms with Crippen LogP contribution in [0.25, 0.3) is 5.69 Å². The van der Waals surface area contributed by atoms with Gasteiger partial charge in [0.25, 0.3) is 0 Å². The summed E-state index contributed by atoms with van der Waals surface area (Å²) < 4.78 is 1.63. The maximum atomic E-state index is 9.01. The van der Waals surface area contributed by atoms with Crippen LogP contribution in [-0.4, -0.2) is 14.9 Å². The highest BCUT2D eigenvalue weighted by atomic mass is 35.5. The van der Waals surface area contributed by atoms with Crippen LogP contribution in [0.1, 0.15) is 11.1 Å². The molecule has 0 bridgehead atoms. The first kappa shape index (κ1) is 10.2. The second-order valence-electron chi connectivity index (χ2n) is 3.32. The van der Waals surface area contributed by atoms with Crippen molar-refractivity contribution in [3.63, 3.8) is 0 Å². The van der Waals surface area contributed by atoms with E-state index >= 15 is 0 Å². The summed E-state index contributed by atoms with van der Waals surface area (Å²) in [5.41, 5.74) is 2.66. The number of benzene rings is 1. The minimum atomic E-state index is -0.0925. The summed E-state index contributed by atoms with van der Waals surface area (Å²) in [6.07, 6.45) is 1.58. The minimum absolute atomic E-state index is 0.0925. The zero-order valence-corrected chi connectivity index (χ0v) is 9.07. The predicted molar refractivity (Wildman–Crippen MR) is 59.2 cm³/mol. The van der Waals surface area contributed by atoms with Crippen molar-refractivity contribution in [3.05, 3.63) is 46.7 Å². The largest absolute Gasteiger partial charge is 0.392 e. The van der Waals surface area contributed by atoms with Crippen LogP contribution < -0.4 is 0 Å². The zero-order chi connectivity index (χ0) is 10.8. The van der Waals surface area contributed by atoms with Crippen LogP contribution in [-0.2, 0) is 6.61 Å². The third-order valence-electron chi connectivity index (χ3n) is 2.29. The number of hydrogen-bond acceptors (Lipinski definition) is 2. The Morgan fingerprint density at radius 2 is 2.13 bits per heavy atom. The van der Waals surface area contributed by atoms with E-state index in [1.165, 1.54) is 0 Å². The van der Waals surface area contributed by atoms with Crippen LogP contribution in [0, 0.1) is 6.92 Å². The van der Waals surface area contributed by atoms with Gasteiger partial charge in [0.15, 0.2) is 0 Å². The molecule has 0 fully saturated rings. The molecular weight excluding hydrogens is 212 g/mol. The molecule has 1 aromatic heterocycles. The Bertz CT molecular complexity index is 479. The van der Waals surface area contributed by atoms with E-state index in [0.717, 1.165) is 11.3 Å². The van der Waals surface area contributed by atoms with E-state index in [1.807, 2.05) is 31.2 Å². The van der Waals surface area contributed by atoms with Gasteiger partial charge in [0.2, 0.25) is 0 Å². The SMILES string of the molecule is Cc1ccccc1-n1ncc(CO)c1Cl. The summed E-state index contributed by atoms with van der Waals surface area (Å²) in [5.74, 6) is 0. The summed E-state index contributed by atoms with van der Waals surface area (Å²) in [7, 11) is 0. The molecule has 0 amide bonds. The van der Waals surface area contributed by atoms with Crippen molar-refractivity contribution in [2.45, 2.75) is 13.5 Å². The van der Waals surface area contributed by atoms with Crippen molar-refractivity contribution in [2.24, 2.45) is 0 Å².